The van der Waals surface area contributed by atoms with Crippen LogP contribution in [0.25, 0.3) is 11.1 Å². The SMILES string of the molecule is CN1C(=O)[C@@H](NC(=O)c2n[nH]c(Cc3ccccc3)n2)COc2ccc(-c3cccc(O)c3)cc21. The highest BCUT2D eigenvalue weighted by Crippen LogP contribution is 2.35. The van der Waals surface area contributed by atoms with E-state index >= 15 is 0 Å². The average molecular weight is 470 g/mol. The monoisotopic (exact) mass is 469 g/mol. The third-order valence-corrected chi connectivity index (χ3v) is 5.79. The van der Waals surface area contributed by atoms with Crippen LogP contribution in [0.15, 0.2) is 72.8 Å². The minimum atomic E-state index is -0.916. The molecule has 176 valence electrons. The van der Waals surface area contributed by atoms with Crippen molar-refractivity contribution >= 4 is 17.5 Å². The smallest absolute Gasteiger partial charge is 0.291 e. The predicted molar refractivity (Wildman–Crippen MR) is 129 cm³/mol. The van der Waals surface area contributed by atoms with Crippen LogP contribution in [0.2, 0.25) is 0 Å². The van der Waals surface area contributed by atoms with Crippen LogP contribution in [0.3, 0.4) is 0 Å². The summed E-state index contributed by atoms with van der Waals surface area (Å²) < 4.78 is 5.86. The molecule has 0 fully saturated rings. The number of likely N-dealkylation sites (N-methyl/N-ethyl adjacent to an activating group) is 1. The van der Waals surface area contributed by atoms with E-state index in [1.807, 2.05) is 48.5 Å². The van der Waals surface area contributed by atoms with Gasteiger partial charge in [-0.25, -0.2) is 4.98 Å². The van der Waals surface area contributed by atoms with Crippen molar-refractivity contribution in [3.05, 3.63) is 90.0 Å². The van der Waals surface area contributed by atoms with Crippen molar-refractivity contribution < 1.29 is 19.4 Å². The number of hydrogen-bond acceptors (Lipinski definition) is 6. The summed E-state index contributed by atoms with van der Waals surface area (Å²) in [6, 6.07) is 21.1. The first-order valence-electron chi connectivity index (χ1n) is 11.1. The number of phenols is 1. The van der Waals surface area contributed by atoms with E-state index in [-0.39, 0.29) is 24.1 Å². The van der Waals surface area contributed by atoms with Gasteiger partial charge in [0.25, 0.3) is 11.8 Å². The van der Waals surface area contributed by atoms with E-state index in [1.165, 1.54) is 4.90 Å². The molecule has 1 aromatic heterocycles. The average Bonchev–Trinajstić information content (AvgIpc) is 3.30. The van der Waals surface area contributed by atoms with Crippen LogP contribution in [0.5, 0.6) is 11.5 Å². The maximum atomic E-state index is 13.2. The van der Waals surface area contributed by atoms with Gasteiger partial charge in [0.1, 0.15) is 30.0 Å². The summed E-state index contributed by atoms with van der Waals surface area (Å²) in [7, 11) is 1.63. The highest BCUT2D eigenvalue weighted by atomic mass is 16.5. The van der Waals surface area contributed by atoms with Crippen molar-refractivity contribution in [3.8, 4) is 22.6 Å². The number of ether oxygens (including phenoxy) is 1. The third kappa shape index (κ3) is 4.70. The van der Waals surface area contributed by atoms with Gasteiger partial charge in [0.05, 0.1) is 5.69 Å². The first-order chi connectivity index (χ1) is 17.0. The zero-order valence-electron chi connectivity index (χ0n) is 18.9. The number of hydrogen-bond donors (Lipinski definition) is 3. The summed E-state index contributed by atoms with van der Waals surface area (Å²) in [6.07, 6.45) is 0.506. The number of amides is 2. The van der Waals surface area contributed by atoms with Crippen LogP contribution < -0.4 is 15.0 Å². The maximum Gasteiger partial charge on any atom is 0.291 e. The van der Waals surface area contributed by atoms with Crippen LogP contribution >= 0.6 is 0 Å². The van der Waals surface area contributed by atoms with Crippen LogP contribution in [0.1, 0.15) is 22.0 Å². The largest absolute Gasteiger partial charge is 0.508 e. The molecule has 2 heterocycles. The van der Waals surface area contributed by atoms with Crippen molar-refractivity contribution in [1.29, 1.82) is 0 Å². The molecule has 9 heteroatoms. The number of rotatable bonds is 5. The number of fused-ring (bicyclic) bond motifs is 1. The highest BCUT2D eigenvalue weighted by Gasteiger charge is 2.31. The van der Waals surface area contributed by atoms with Crippen LogP contribution in [0.4, 0.5) is 5.69 Å². The molecule has 2 amide bonds. The highest BCUT2D eigenvalue weighted by molar-refractivity contribution is 6.02. The number of benzene rings is 3. The minimum Gasteiger partial charge on any atom is -0.508 e. The fourth-order valence-corrected chi connectivity index (χ4v) is 3.95. The number of H-pyrrole nitrogens is 1. The molecule has 1 aliphatic heterocycles. The van der Waals surface area contributed by atoms with E-state index in [2.05, 4.69) is 20.5 Å². The molecule has 0 radical (unpaired) electrons. The van der Waals surface area contributed by atoms with Gasteiger partial charge in [-0.1, -0.05) is 48.5 Å². The zero-order chi connectivity index (χ0) is 24.4. The number of aromatic amines is 1. The molecule has 35 heavy (non-hydrogen) atoms. The second kappa shape index (κ2) is 9.30. The lowest BCUT2D eigenvalue weighted by Gasteiger charge is -2.20. The van der Waals surface area contributed by atoms with E-state index < -0.39 is 11.9 Å². The third-order valence-electron chi connectivity index (χ3n) is 5.79. The van der Waals surface area contributed by atoms with Crippen molar-refractivity contribution in [2.45, 2.75) is 12.5 Å². The molecule has 4 aromatic rings. The Morgan fingerprint density at radius 3 is 2.71 bits per heavy atom. The van der Waals surface area contributed by atoms with E-state index in [1.54, 1.807) is 31.3 Å². The Hall–Kier alpha value is -4.66. The van der Waals surface area contributed by atoms with E-state index in [9.17, 15) is 14.7 Å². The number of nitrogens with one attached hydrogen (secondary N) is 2. The summed E-state index contributed by atoms with van der Waals surface area (Å²) in [5, 5.41) is 19.3. The Balaban J connectivity index is 1.30. The van der Waals surface area contributed by atoms with Crippen molar-refractivity contribution in [2.24, 2.45) is 0 Å². The molecule has 1 atom stereocenters. The van der Waals surface area contributed by atoms with Gasteiger partial charge >= 0.3 is 0 Å². The molecule has 0 bridgehead atoms. The Kier molecular flexibility index (Phi) is 5.88. The van der Waals surface area contributed by atoms with Gasteiger partial charge in [-0.15, -0.1) is 5.10 Å². The number of carbonyl (C=O) groups is 2. The molecule has 3 aromatic carbocycles. The molecule has 3 N–H and O–H groups in total. The first kappa shape index (κ1) is 22.1. The minimum absolute atomic E-state index is 0.0331. The van der Waals surface area contributed by atoms with Crippen LogP contribution in [-0.4, -0.2) is 51.8 Å². The zero-order valence-corrected chi connectivity index (χ0v) is 18.9. The molecule has 0 saturated carbocycles. The summed E-state index contributed by atoms with van der Waals surface area (Å²) in [5.41, 5.74) is 3.22. The molecular weight excluding hydrogens is 446 g/mol. The predicted octanol–water partition coefficient (Wildman–Crippen LogP) is 2.92. The molecule has 9 nitrogen and oxygen atoms in total. The molecular formula is C26H23N5O4. The van der Waals surface area contributed by atoms with Crippen molar-refractivity contribution in [3.63, 3.8) is 0 Å². The first-order valence-corrected chi connectivity index (χ1v) is 11.1. The molecule has 5 rings (SSSR count). The van der Waals surface area contributed by atoms with Crippen LogP contribution in [-0.2, 0) is 11.2 Å². The van der Waals surface area contributed by atoms with Gasteiger partial charge in [0.15, 0.2) is 0 Å². The number of anilines is 1. The normalized spacial score (nSPS) is 15.2. The molecule has 1 aliphatic rings. The fourth-order valence-electron chi connectivity index (χ4n) is 3.95. The van der Waals surface area contributed by atoms with Gasteiger partial charge in [-0.2, -0.15) is 0 Å². The van der Waals surface area contributed by atoms with Crippen LogP contribution in [0, 0.1) is 0 Å². The number of carbonyl (C=O) groups excluding carboxylic acids is 2. The Morgan fingerprint density at radius 1 is 1.11 bits per heavy atom. The van der Waals surface area contributed by atoms with Crippen molar-refractivity contribution in [1.82, 2.24) is 20.5 Å². The molecule has 0 spiro atoms. The standard InChI is InChI=1S/C26H23N5O4/c1-31-21-14-18(17-8-5-9-19(32)13-17)10-11-22(21)35-15-20(26(31)34)27-25(33)24-28-23(29-30-24)12-16-6-3-2-4-7-16/h2-11,13-14,20,32H,12,15H2,1H3,(H,27,33)(H,28,29,30)/t20-/m0/s1. The molecule has 0 unspecified atom stereocenters. The molecule has 0 aliphatic carbocycles. The topological polar surface area (TPSA) is 120 Å². The Bertz CT molecular complexity index is 1390. The van der Waals surface area contributed by atoms with E-state index in [0.717, 1.165) is 16.7 Å². The summed E-state index contributed by atoms with van der Waals surface area (Å²) in [4.78, 5) is 31.7. The summed E-state index contributed by atoms with van der Waals surface area (Å²) >= 11 is 0. The lowest BCUT2D eigenvalue weighted by Crippen LogP contribution is -2.49. The quantitative estimate of drug-likeness (QED) is 0.413. The Labute approximate surface area is 201 Å². The Morgan fingerprint density at radius 2 is 1.91 bits per heavy atom. The number of aromatic hydroxyl groups is 1. The van der Waals surface area contributed by atoms with Gasteiger partial charge < -0.3 is 20.1 Å². The van der Waals surface area contributed by atoms with Gasteiger partial charge in [0.2, 0.25) is 5.82 Å². The van der Waals surface area contributed by atoms with E-state index in [0.29, 0.717) is 23.7 Å². The second-order valence-electron chi connectivity index (χ2n) is 8.24. The van der Waals surface area contributed by atoms with E-state index in [4.69, 9.17) is 4.74 Å². The summed E-state index contributed by atoms with van der Waals surface area (Å²) in [6.45, 7) is -0.0331. The van der Waals surface area contributed by atoms with Gasteiger partial charge in [0, 0.05) is 13.5 Å². The number of nitrogens with zero attached hydrogens (tertiary/aromatic N) is 3. The lowest BCUT2D eigenvalue weighted by atomic mass is 10.0. The number of aromatic nitrogens is 3. The lowest BCUT2D eigenvalue weighted by molar-refractivity contribution is -0.120. The fraction of sp³-hybridized carbons (Fsp3) is 0.154. The van der Waals surface area contributed by atoms with Gasteiger partial charge in [-0.3, -0.25) is 14.7 Å². The maximum absolute atomic E-state index is 13.2. The second-order valence-corrected chi connectivity index (χ2v) is 8.24. The van der Waals surface area contributed by atoms with Crippen molar-refractivity contribution in [2.75, 3.05) is 18.6 Å². The summed E-state index contributed by atoms with van der Waals surface area (Å²) in [5.74, 6) is 0.282. The molecule has 0 saturated heterocycles. The van der Waals surface area contributed by atoms with Gasteiger partial charge in [-0.05, 0) is 41.0 Å². The number of phenolic OH excluding ortho intramolecular Hbond substituents is 1.